The second-order valence-electron chi connectivity index (χ2n) is 7.11. The number of nitrogens with one attached hydrogen (secondary N) is 2. The molecule has 28 heavy (non-hydrogen) atoms. The second-order valence-corrected chi connectivity index (χ2v) is 7.11. The van der Waals surface area contributed by atoms with Crippen molar-refractivity contribution in [2.75, 3.05) is 13.1 Å². The normalized spacial score (nSPS) is 10.5. The number of hydrogen-bond donors (Lipinski definition) is 2. The Bertz CT molecular complexity index is 671. The van der Waals surface area contributed by atoms with E-state index in [0.29, 0.717) is 24.2 Å². The van der Waals surface area contributed by atoms with Crippen LogP contribution < -0.4 is 10.6 Å². The Kier molecular flexibility index (Phi) is 9.26. The summed E-state index contributed by atoms with van der Waals surface area (Å²) in [6.07, 6.45) is 6.74. The van der Waals surface area contributed by atoms with E-state index in [1.165, 1.54) is 11.1 Å². The van der Waals surface area contributed by atoms with Crippen LogP contribution in [-0.4, -0.2) is 24.9 Å². The van der Waals surface area contributed by atoms with Gasteiger partial charge in [0.1, 0.15) is 0 Å². The van der Waals surface area contributed by atoms with Gasteiger partial charge in [0.25, 0.3) is 11.8 Å². The average molecular weight is 381 g/mol. The van der Waals surface area contributed by atoms with E-state index in [1.807, 2.05) is 48.5 Å². The summed E-state index contributed by atoms with van der Waals surface area (Å²) in [6.45, 7) is 5.14. The van der Waals surface area contributed by atoms with Crippen molar-refractivity contribution in [1.29, 1.82) is 0 Å². The molecule has 4 nitrogen and oxygen atoms in total. The van der Waals surface area contributed by atoms with Crippen LogP contribution in [0.1, 0.15) is 71.4 Å². The molecular weight excluding hydrogens is 348 g/mol. The number of carbonyl (C=O) groups excluding carboxylic acids is 2. The highest BCUT2D eigenvalue weighted by Gasteiger charge is 2.07. The molecule has 0 heterocycles. The summed E-state index contributed by atoms with van der Waals surface area (Å²) in [5.74, 6) is -0.229. The molecule has 2 N–H and O–H groups in total. The van der Waals surface area contributed by atoms with E-state index >= 15 is 0 Å². The van der Waals surface area contributed by atoms with Gasteiger partial charge >= 0.3 is 0 Å². The molecule has 2 aromatic rings. The highest BCUT2D eigenvalue weighted by atomic mass is 16.2. The van der Waals surface area contributed by atoms with Crippen LogP contribution >= 0.6 is 0 Å². The molecule has 0 radical (unpaired) electrons. The molecule has 0 spiro atoms. The fourth-order valence-corrected chi connectivity index (χ4v) is 2.96. The Morgan fingerprint density at radius 3 is 1.32 bits per heavy atom. The van der Waals surface area contributed by atoms with E-state index < -0.39 is 0 Å². The number of rotatable bonds is 11. The summed E-state index contributed by atoms with van der Waals surface area (Å²) in [4.78, 5) is 24.4. The third-order valence-electron chi connectivity index (χ3n) is 4.77. The molecule has 150 valence electrons. The van der Waals surface area contributed by atoms with Crippen molar-refractivity contribution >= 4 is 11.8 Å². The lowest BCUT2D eigenvalue weighted by atomic mass is 10.1. The van der Waals surface area contributed by atoms with Gasteiger partial charge in [-0.3, -0.25) is 9.59 Å². The molecule has 2 amide bonds. The Balaban J connectivity index is 1.71. The van der Waals surface area contributed by atoms with Gasteiger partial charge in [-0.25, -0.2) is 0 Å². The van der Waals surface area contributed by atoms with Crippen molar-refractivity contribution in [3.63, 3.8) is 0 Å². The molecule has 0 aliphatic rings. The van der Waals surface area contributed by atoms with Gasteiger partial charge < -0.3 is 10.6 Å². The highest BCUT2D eigenvalue weighted by molar-refractivity contribution is 5.95. The Morgan fingerprint density at radius 2 is 1.00 bits per heavy atom. The smallest absolute Gasteiger partial charge is 0.251 e. The predicted molar refractivity (Wildman–Crippen MR) is 115 cm³/mol. The van der Waals surface area contributed by atoms with Crippen molar-refractivity contribution in [3.05, 3.63) is 70.8 Å². The molecule has 0 fully saturated rings. The number of carbonyl (C=O) groups is 2. The molecule has 0 aliphatic carbocycles. The minimum Gasteiger partial charge on any atom is -0.350 e. The zero-order valence-corrected chi connectivity index (χ0v) is 17.1. The Hall–Kier alpha value is -2.62. The Labute approximate surface area is 168 Å². The largest absolute Gasteiger partial charge is 0.350 e. The third-order valence-corrected chi connectivity index (χ3v) is 4.77. The van der Waals surface area contributed by atoms with E-state index in [4.69, 9.17) is 0 Å². The highest BCUT2D eigenvalue weighted by Crippen LogP contribution is 2.09. The maximum atomic E-state index is 12.2. The summed E-state index contributed by atoms with van der Waals surface area (Å²) in [6, 6.07) is 15.5. The van der Waals surface area contributed by atoms with Gasteiger partial charge in [0, 0.05) is 24.2 Å². The number of aryl methyl sites for hydroxylation is 2. The first-order valence-electron chi connectivity index (χ1n) is 10.4. The zero-order chi connectivity index (χ0) is 20.2. The quantitative estimate of drug-likeness (QED) is 0.563. The fourth-order valence-electron chi connectivity index (χ4n) is 2.96. The van der Waals surface area contributed by atoms with Gasteiger partial charge in [0.2, 0.25) is 0 Å². The number of benzene rings is 2. The topological polar surface area (TPSA) is 58.2 Å². The molecule has 4 heteroatoms. The van der Waals surface area contributed by atoms with Gasteiger partial charge in [0.15, 0.2) is 0 Å². The van der Waals surface area contributed by atoms with Crippen LogP contribution in [0, 0.1) is 0 Å². The number of unbranched alkanes of at least 4 members (excludes halogenated alkanes) is 2. The van der Waals surface area contributed by atoms with E-state index in [9.17, 15) is 9.59 Å². The van der Waals surface area contributed by atoms with Gasteiger partial charge in [-0.2, -0.15) is 0 Å². The van der Waals surface area contributed by atoms with E-state index in [0.717, 1.165) is 38.5 Å². The van der Waals surface area contributed by atoms with Crippen LogP contribution in [-0.2, 0) is 12.8 Å². The van der Waals surface area contributed by atoms with Gasteiger partial charge in [-0.1, -0.05) is 51.0 Å². The summed E-state index contributed by atoms with van der Waals surface area (Å²) in [7, 11) is 0. The third kappa shape index (κ3) is 7.18. The first-order valence-corrected chi connectivity index (χ1v) is 10.4. The SMILES string of the molecule is CCCCc1ccc(C(=O)NCCNC(=O)c2ccc(CCCC)cc2)cc1. The van der Waals surface area contributed by atoms with E-state index in [2.05, 4.69) is 24.5 Å². The lowest BCUT2D eigenvalue weighted by molar-refractivity contribution is 0.0927. The monoisotopic (exact) mass is 380 g/mol. The average Bonchev–Trinajstić information content (AvgIpc) is 2.74. The summed E-state index contributed by atoms with van der Waals surface area (Å²) in [5.41, 5.74) is 3.81. The minimum absolute atomic E-state index is 0.114. The lowest BCUT2D eigenvalue weighted by Crippen LogP contribution is -2.34. The van der Waals surface area contributed by atoms with Crippen molar-refractivity contribution in [3.8, 4) is 0 Å². The molecule has 0 aromatic heterocycles. The second kappa shape index (κ2) is 12.0. The van der Waals surface area contributed by atoms with E-state index in [-0.39, 0.29) is 11.8 Å². The van der Waals surface area contributed by atoms with Crippen molar-refractivity contribution < 1.29 is 9.59 Å². The van der Waals surface area contributed by atoms with Gasteiger partial charge in [-0.15, -0.1) is 0 Å². The summed E-state index contributed by atoms with van der Waals surface area (Å²) in [5, 5.41) is 5.69. The maximum absolute atomic E-state index is 12.2. The van der Waals surface area contributed by atoms with Crippen molar-refractivity contribution in [2.24, 2.45) is 0 Å². The van der Waals surface area contributed by atoms with Crippen LogP contribution in [0.4, 0.5) is 0 Å². The Morgan fingerprint density at radius 1 is 0.643 bits per heavy atom. The molecule has 0 atom stereocenters. The summed E-state index contributed by atoms with van der Waals surface area (Å²) >= 11 is 0. The number of amides is 2. The molecule has 2 rings (SSSR count). The van der Waals surface area contributed by atoms with Gasteiger partial charge in [0.05, 0.1) is 0 Å². The molecule has 0 aliphatic heterocycles. The molecule has 0 bridgehead atoms. The molecule has 0 unspecified atom stereocenters. The maximum Gasteiger partial charge on any atom is 0.251 e. The number of hydrogen-bond acceptors (Lipinski definition) is 2. The molecule has 0 saturated heterocycles. The van der Waals surface area contributed by atoms with Crippen molar-refractivity contribution in [1.82, 2.24) is 10.6 Å². The molecule has 0 saturated carbocycles. The standard InChI is InChI=1S/C24H32N2O2/c1-3-5-7-19-9-13-21(14-10-19)23(27)25-17-18-26-24(28)22-15-11-20(12-16-22)8-6-4-2/h9-16H,3-8,17-18H2,1-2H3,(H,25,27)(H,26,28). The van der Waals surface area contributed by atoms with E-state index in [1.54, 1.807) is 0 Å². The first-order chi connectivity index (χ1) is 13.6. The fraction of sp³-hybridized carbons (Fsp3) is 0.417. The lowest BCUT2D eigenvalue weighted by Gasteiger charge is -2.08. The predicted octanol–water partition coefficient (Wildman–Crippen LogP) is 4.53. The van der Waals surface area contributed by atoms with Crippen LogP contribution in [0.5, 0.6) is 0 Å². The zero-order valence-electron chi connectivity index (χ0n) is 17.1. The molecular formula is C24H32N2O2. The van der Waals surface area contributed by atoms with Gasteiger partial charge in [-0.05, 0) is 61.1 Å². The van der Waals surface area contributed by atoms with Crippen LogP contribution in [0.25, 0.3) is 0 Å². The molecule has 2 aromatic carbocycles. The minimum atomic E-state index is -0.114. The van der Waals surface area contributed by atoms with Crippen LogP contribution in [0.15, 0.2) is 48.5 Å². The van der Waals surface area contributed by atoms with Crippen LogP contribution in [0.3, 0.4) is 0 Å². The van der Waals surface area contributed by atoms with Crippen LogP contribution in [0.2, 0.25) is 0 Å². The van der Waals surface area contributed by atoms with Crippen molar-refractivity contribution in [2.45, 2.75) is 52.4 Å². The first kappa shape index (κ1) is 21.7. The summed E-state index contributed by atoms with van der Waals surface area (Å²) < 4.78 is 0.